The Morgan fingerprint density at radius 2 is 2.00 bits per heavy atom. The minimum atomic E-state index is -4.38. The van der Waals surface area contributed by atoms with Gasteiger partial charge >= 0.3 is 6.18 Å². The van der Waals surface area contributed by atoms with Gasteiger partial charge in [0.15, 0.2) is 0 Å². The average molecular weight is 272 g/mol. The van der Waals surface area contributed by atoms with Gasteiger partial charge < -0.3 is 4.57 Å². The number of rotatable bonds is 3. The molecule has 1 aromatic heterocycles. The number of halogens is 3. The lowest BCUT2D eigenvalue weighted by Crippen LogP contribution is -2.09. The Kier molecular flexibility index (Phi) is 3.56. The van der Waals surface area contributed by atoms with Gasteiger partial charge in [-0.1, -0.05) is 12.1 Å². The normalized spacial score (nSPS) is 12.6. The fourth-order valence-electron chi connectivity index (χ4n) is 2.22. The predicted octanol–water partition coefficient (Wildman–Crippen LogP) is 3.63. The molecular weight excluding hydrogens is 257 g/mol. The molecule has 0 aliphatic carbocycles. The zero-order chi connectivity index (χ0) is 14.2. The molecule has 2 aromatic rings. The topological polar surface area (TPSA) is 40.2 Å². The monoisotopic (exact) mass is 272 g/mol. The van der Waals surface area contributed by atoms with Crippen molar-refractivity contribution >= 4 is 10.9 Å². The number of aromatic nitrogens is 1. The third kappa shape index (κ3) is 2.46. The van der Waals surface area contributed by atoms with Gasteiger partial charge in [0.05, 0.1) is 17.7 Å². The first-order chi connectivity index (χ1) is 8.86. The molecule has 6 heteroatoms. The molecule has 19 heavy (non-hydrogen) atoms. The van der Waals surface area contributed by atoms with Crippen LogP contribution in [0.1, 0.15) is 31.0 Å². The zero-order valence-electron chi connectivity index (χ0n) is 10.7. The molecule has 1 heterocycles. The van der Waals surface area contributed by atoms with Crippen LogP contribution in [0.3, 0.4) is 0 Å². The van der Waals surface area contributed by atoms with Crippen molar-refractivity contribution in [2.75, 3.05) is 0 Å². The first-order valence-corrected chi connectivity index (χ1v) is 5.87. The number of hydrogen-bond donors (Lipinski definition) is 1. The van der Waals surface area contributed by atoms with Crippen LogP contribution in [-0.4, -0.2) is 4.57 Å². The number of nitrogens with zero attached hydrogens (tertiary/aromatic N) is 1. The molecule has 1 aromatic carbocycles. The molecule has 2 N–H and O–H groups in total. The van der Waals surface area contributed by atoms with Gasteiger partial charge in [0.2, 0.25) is 0 Å². The minimum absolute atomic E-state index is 0.0809. The van der Waals surface area contributed by atoms with Crippen molar-refractivity contribution in [3.05, 3.63) is 35.5 Å². The lowest BCUT2D eigenvalue weighted by molar-refractivity contribution is -0.136. The van der Waals surface area contributed by atoms with Crippen LogP contribution in [0.25, 0.3) is 10.9 Å². The number of para-hydroxylation sites is 1. The van der Waals surface area contributed by atoms with Crippen LogP contribution in [0.2, 0.25) is 0 Å². The Labute approximate surface area is 108 Å². The van der Waals surface area contributed by atoms with Crippen LogP contribution in [0.15, 0.2) is 24.4 Å². The van der Waals surface area contributed by atoms with Crippen LogP contribution in [0, 0.1) is 0 Å². The molecule has 0 saturated carbocycles. The van der Waals surface area contributed by atoms with Gasteiger partial charge in [-0.15, -0.1) is 0 Å². The van der Waals surface area contributed by atoms with E-state index in [9.17, 15) is 13.2 Å². The Hall–Kier alpha value is -1.53. The molecule has 0 bridgehead atoms. The summed E-state index contributed by atoms with van der Waals surface area (Å²) in [4.78, 5) is 4.56. The number of benzene rings is 1. The first kappa shape index (κ1) is 13.9. The second kappa shape index (κ2) is 4.86. The molecule has 0 aliphatic heterocycles. The van der Waals surface area contributed by atoms with Crippen molar-refractivity contribution in [1.82, 2.24) is 4.57 Å². The molecule has 0 amide bonds. The molecule has 0 aliphatic rings. The highest BCUT2D eigenvalue weighted by atomic mass is 19.4. The van der Waals surface area contributed by atoms with E-state index in [4.69, 9.17) is 5.90 Å². The van der Waals surface area contributed by atoms with Gasteiger partial charge in [0.25, 0.3) is 0 Å². The molecule has 0 spiro atoms. The number of fused-ring (bicyclic) bond motifs is 1. The predicted molar refractivity (Wildman–Crippen MR) is 66.3 cm³/mol. The van der Waals surface area contributed by atoms with E-state index in [2.05, 4.69) is 4.84 Å². The molecule has 0 unspecified atom stereocenters. The molecular formula is C13H15F3N2O. The quantitative estimate of drug-likeness (QED) is 0.867. The lowest BCUT2D eigenvalue weighted by Gasteiger charge is -2.14. The van der Waals surface area contributed by atoms with E-state index in [-0.39, 0.29) is 18.2 Å². The molecule has 0 saturated heterocycles. The van der Waals surface area contributed by atoms with E-state index < -0.39 is 11.7 Å². The highest BCUT2D eigenvalue weighted by molar-refractivity contribution is 5.87. The summed E-state index contributed by atoms with van der Waals surface area (Å²) in [6, 6.07) is 4.06. The third-order valence-corrected chi connectivity index (χ3v) is 3.04. The van der Waals surface area contributed by atoms with Gasteiger partial charge in [-0.05, 0) is 19.9 Å². The van der Waals surface area contributed by atoms with E-state index in [0.717, 1.165) is 6.07 Å². The number of hydrogen-bond acceptors (Lipinski definition) is 2. The Balaban J connectivity index is 2.79. The molecule has 2 rings (SSSR count). The summed E-state index contributed by atoms with van der Waals surface area (Å²) >= 11 is 0. The number of alkyl halides is 3. The standard InChI is InChI=1S/C13H15F3N2O/c1-8(2)18-6-9(7-19-17)10-4-3-5-11(12(10)18)13(14,15)16/h3-6,8H,7,17H2,1-2H3. The second-order valence-electron chi connectivity index (χ2n) is 4.67. The van der Waals surface area contributed by atoms with E-state index in [0.29, 0.717) is 10.9 Å². The Morgan fingerprint density at radius 1 is 1.32 bits per heavy atom. The van der Waals surface area contributed by atoms with Crippen molar-refractivity contribution in [3.63, 3.8) is 0 Å². The third-order valence-electron chi connectivity index (χ3n) is 3.04. The van der Waals surface area contributed by atoms with Crippen molar-refractivity contribution in [3.8, 4) is 0 Å². The van der Waals surface area contributed by atoms with Gasteiger partial charge in [-0.2, -0.15) is 13.2 Å². The smallest absolute Gasteiger partial charge is 0.344 e. The van der Waals surface area contributed by atoms with Crippen molar-refractivity contribution in [2.24, 2.45) is 5.90 Å². The molecule has 3 nitrogen and oxygen atoms in total. The minimum Gasteiger partial charge on any atom is -0.344 e. The van der Waals surface area contributed by atoms with Crippen LogP contribution in [-0.2, 0) is 17.6 Å². The van der Waals surface area contributed by atoms with E-state index >= 15 is 0 Å². The summed E-state index contributed by atoms with van der Waals surface area (Å²) in [5, 5.41) is 0.522. The maximum absolute atomic E-state index is 13.1. The van der Waals surface area contributed by atoms with Crippen LogP contribution >= 0.6 is 0 Å². The highest BCUT2D eigenvalue weighted by Gasteiger charge is 2.34. The van der Waals surface area contributed by atoms with Gasteiger partial charge in [0, 0.05) is 23.2 Å². The lowest BCUT2D eigenvalue weighted by atomic mass is 10.1. The fourth-order valence-corrected chi connectivity index (χ4v) is 2.22. The van der Waals surface area contributed by atoms with Crippen LogP contribution < -0.4 is 5.90 Å². The van der Waals surface area contributed by atoms with E-state index in [1.807, 2.05) is 13.8 Å². The largest absolute Gasteiger partial charge is 0.418 e. The van der Waals surface area contributed by atoms with Crippen LogP contribution in [0.4, 0.5) is 13.2 Å². The van der Waals surface area contributed by atoms with Gasteiger partial charge in [-0.3, -0.25) is 4.84 Å². The summed E-state index contributed by atoms with van der Waals surface area (Å²) in [6.07, 6.45) is -2.72. The molecule has 0 radical (unpaired) electrons. The van der Waals surface area contributed by atoms with Crippen LogP contribution in [0.5, 0.6) is 0 Å². The van der Waals surface area contributed by atoms with Gasteiger partial charge in [0.1, 0.15) is 0 Å². The van der Waals surface area contributed by atoms with Crippen molar-refractivity contribution < 1.29 is 18.0 Å². The Bertz CT molecular complexity index is 587. The molecule has 0 atom stereocenters. The zero-order valence-corrected chi connectivity index (χ0v) is 10.7. The summed E-state index contributed by atoms with van der Waals surface area (Å²) < 4.78 is 40.9. The summed E-state index contributed by atoms with van der Waals surface area (Å²) in [5.74, 6) is 5.03. The van der Waals surface area contributed by atoms with Gasteiger partial charge in [-0.25, -0.2) is 5.90 Å². The maximum Gasteiger partial charge on any atom is 0.418 e. The van der Waals surface area contributed by atoms with Crippen molar-refractivity contribution in [2.45, 2.75) is 32.7 Å². The summed E-state index contributed by atoms with van der Waals surface area (Å²) in [7, 11) is 0. The number of nitrogens with two attached hydrogens (primary N) is 1. The van der Waals surface area contributed by atoms with E-state index in [1.165, 1.54) is 6.07 Å². The van der Waals surface area contributed by atoms with E-state index in [1.54, 1.807) is 16.8 Å². The second-order valence-corrected chi connectivity index (χ2v) is 4.67. The fraction of sp³-hybridized carbons (Fsp3) is 0.385. The molecule has 0 fully saturated rings. The highest BCUT2D eigenvalue weighted by Crippen LogP contribution is 2.37. The first-order valence-electron chi connectivity index (χ1n) is 5.87. The maximum atomic E-state index is 13.1. The Morgan fingerprint density at radius 3 is 2.53 bits per heavy atom. The summed E-state index contributed by atoms with van der Waals surface area (Å²) in [6.45, 7) is 3.75. The molecule has 104 valence electrons. The SMILES string of the molecule is CC(C)n1cc(CON)c2cccc(C(F)(F)F)c21. The summed E-state index contributed by atoms with van der Waals surface area (Å²) in [5.41, 5.74) is 0.191. The van der Waals surface area contributed by atoms with Crippen molar-refractivity contribution in [1.29, 1.82) is 0 Å². The average Bonchev–Trinajstić information content (AvgIpc) is 2.67.